The molecule has 0 bridgehead atoms. The lowest BCUT2D eigenvalue weighted by Crippen LogP contribution is -2.57. The molecule has 0 unspecified atom stereocenters. The van der Waals surface area contributed by atoms with E-state index in [4.69, 9.17) is 4.74 Å². The first kappa shape index (κ1) is 17.9. The SMILES string of the molecule is CC(C)N1C(=O)CO[C@H](C(=O)NC2CCCCC2)[C@H]1c1ccccc1. The molecule has 1 aliphatic heterocycles. The van der Waals surface area contributed by atoms with E-state index in [1.54, 1.807) is 4.90 Å². The van der Waals surface area contributed by atoms with Crippen molar-refractivity contribution in [3.63, 3.8) is 0 Å². The van der Waals surface area contributed by atoms with Gasteiger partial charge in [-0.2, -0.15) is 0 Å². The number of hydrogen-bond donors (Lipinski definition) is 1. The number of ether oxygens (including phenoxy) is 1. The minimum absolute atomic E-state index is 0.00610. The first-order valence-corrected chi connectivity index (χ1v) is 9.36. The number of rotatable bonds is 4. The lowest BCUT2D eigenvalue weighted by atomic mass is 9.93. The molecule has 1 saturated carbocycles. The maximum Gasteiger partial charge on any atom is 0.251 e. The smallest absolute Gasteiger partial charge is 0.251 e. The summed E-state index contributed by atoms with van der Waals surface area (Å²) in [5.74, 6) is -0.163. The molecular weight excluding hydrogens is 316 g/mol. The van der Waals surface area contributed by atoms with Crippen molar-refractivity contribution in [2.75, 3.05) is 6.61 Å². The predicted octanol–water partition coefficient (Wildman–Crippen LogP) is 2.81. The highest BCUT2D eigenvalue weighted by molar-refractivity contribution is 5.86. The Kier molecular flexibility index (Phi) is 5.74. The van der Waals surface area contributed by atoms with Gasteiger partial charge in [0.05, 0.1) is 6.04 Å². The van der Waals surface area contributed by atoms with Crippen LogP contribution in [0.25, 0.3) is 0 Å². The molecule has 0 aromatic heterocycles. The molecule has 25 heavy (non-hydrogen) atoms. The van der Waals surface area contributed by atoms with Gasteiger partial charge in [0.25, 0.3) is 5.91 Å². The second-order valence-electron chi connectivity index (χ2n) is 7.33. The average molecular weight is 344 g/mol. The fourth-order valence-electron chi connectivity index (χ4n) is 3.97. The third kappa shape index (κ3) is 4.03. The van der Waals surface area contributed by atoms with Crippen LogP contribution in [0.2, 0.25) is 0 Å². The molecule has 2 amide bonds. The number of carbonyl (C=O) groups excluding carboxylic acids is 2. The van der Waals surface area contributed by atoms with Crippen molar-refractivity contribution < 1.29 is 14.3 Å². The molecular formula is C20H28N2O3. The molecule has 2 atom stereocenters. The molecule has 1 saturated heterocycles. The summed E-state index contributed by atoms with van der Waals surface area (Å²) < 4.78 is 5.74. The Morgan fingerprint density at radius 3 is 2.48 bits per heavy atom. The zero-order chi connectivity index (χ0) is 17.8. The normalized spacial score (nSPS) is 25.2. The molecule has 3 rings (SSSR count). The zero-order valence-corrected chi connectivity index (χ0v) is 15.1. The van der Waals surface area contributed by atoms with Gasteiger partial charge in [0.2, 0.25) is 5.91 Å². The van der Waals surface area contributed by atoms with Crippen molar-refractivity contribution in [3.05, 3.63) is 35.9 Å². The van der Waals surface area contributed by atoms with Crippen molar-refractivity contribution in [2.24, 2.45) is 0 Å². The Hall–Kier alpha value is -1.88. The van der Waals surface area contributed by atoms with E-state index >= 15 is 0 Å². The van der Waals surface area contributed by atoms with E-state index in [1.165, 1.54) is 6.42 Å². The van der Waals surface area contributed by atoms with Gasteiger partial charge in [-0.1, -0.05) is 49.6 Å². The summed E-state index contributed by atoms with van der Waals surface area (Å²) >= 11 is 0. The number of amides is 2. The van der Waals surface area contributed by atoms with Crippen molar-refractivity contribution >= 4 is 11.8 Å². The number of benzene rings is 1. The Morgan fingerprint density at radius 2 is 1.84 bits per heavy atom. The molecule has 2 aliphatic rings. The summed E-state index contributed by atoms with van der Waals surface area (Å²) in [6, 6.07) is 9.58. The van der Waals surface area contributed by atoms with Gasteiger partial charge in [-0.25, -0.2) is 0 Å². The molecule has 5 nitrogen and oxygen atoms in total. The monoisotopic (exact) mass is 344 g/mol. The Balaban J connectivity index is 1.84. The number of nitrogens with zero attached hydrogens (tertiary/aromatic N) is 1. The lowest BCUT2D eigenvalue weighted by Gasteiger charge is -2.43. The van der Waals surface area contributed by atoms with Crippen molar-refractivity contribution in [1.29, 1.82) is 0 Å². The first-order valence-electron chi connectivity index (χ1n) is 9.36. The van der Waals surface area contributed by atoms with E-state index in [9.17, 15) is 9.59 Å². The molecule has 5 heteroatoms. The summed E-state index contributed by atoms with van der Waals surface area (Å²) in [5.41, 5.74) is 0.938. The fraction of sp³-hybridized carbons (Fsp3) is 0.600. The van der Waals surface area contributed by atoms with Crippen LogP contribution in [0.15, 0.2) is 30.3 Å². The highest BCUT2D eigenvalue weighted by atomic mass is 16.5. The van der Waals surface area contributed by atoms with E-state index in [0.29, 0.717) is 0 Å². The second-order valence-corrected chi connectivity index (χ2v) is 7.33. The van der Waals surface area contributed by atoms with Crippen LogP contribution >= 0.6 is 0 Å². The summed E-state index contributed by atoms with van der Waals surface area (Å²) in [7, 11) is 0. The molecule has 136 valence electrons. The quantitative estimate of drug-likeness (QED) is 0.914. The number of morpholine rings is 1. The van der Waals surface area contributed by atoms with E-state index in [1.807, 2.05) is 44.2 Å². The summed E-state index contributed by atoms with van der Waals surface area (Å²) in [6.07, 6.45) is 4.96. The van der Waals surface area contributed by atoms with Crippen LogP contribution in [0.3, 0.4) is 0 Å². The third-order valence-electron chi connectivity index (χ3n) is 5.17. The number of nitrogens with one attached hydrogen (secondary N) is 1. The molecule has 1 aromatic rings. The molecule has 0 radical (unpaired) electrons. The van der Waals surface area contributed by atoms with Gasteiger partial charge in [-0.3, -0.25) is 9.59 Å². The van der Waals surface area contributed by atoms with Crippen LogP contribution in [-0.2, 0) is 14.3 Å². The molecule has 1 heterocycles. The lowest BCUT2D eigenvalue weighted by molar-refractivity contribution is -0.167. The summed E-state index contributed by atoms with van der Waals surface area (Å²) in [4.78, 5) is 27.2. The van der Waals surface area contributed by atoms with Gasteiger partial charge in [0.1, 0.15) is 6.61 Å². The predicted molar refractivity (Wildman–Crippen MR) is 95.9 cm³/mol. The van der Waals surface area contributed by atoms with Crippen LogP contribution in [0.4, 0.5) is 0 Å². The van der Waals surface area contributed by atoms with Crippen molar-refractivity contribution in [1.82, 2.24) is 10.2 Å². The molecule has 0 spiro atoms. The van der Waals surface area contributed by atoms with Gasteiger partial charge in [-0.05, 0) is 32.3 Å². The van der Waals surface area contributed by atoms with E-state index < -0.39 is 6.10 Å². The van der Waals surface area contributed by atoms with E-state index in [2.05, 4.69) is 5.32 Å². The molecule has 1 aromatic carbocycles. The minimum atomic E-state index is -0.663. The zero-order valence-electron chi connectivity index (χ0n) is 15.1. The van der Waals surface area contributed by atoms with Crippen LogP contribution in [0.1, 0.15) is 57.6 Å². The van der Waals surface area contributed by atoms with Gasteiger partial charge >= 0.3 is 0 Å². The standard InChI is InChI=1S/C20H28N2O3/c1-14(2)22-17(23)13-25-19(18(22)15-9-5-3-6-10-15)20(24)21-16-11-7-4-8-12-16/h3,5-6,9-10,14,16,18-19H,4,7-8,11-13H2,1-2H3,(H,21,24)/t18-,19+/m1/s1. The van der Waals surface area contributed by atoms with Gasteiger partial charge in [0, 0.05) is 12.1 Å². The highest BCUT2D eigenvalue weighted by Crippen LogP contribution is 2.32. The third-order valence-corrected chi connectivity index (χ3v) is 5.17. The number of carbonyl (C=O) groups is 2. The van der Waals surface area contributed by atoms with Crippen LogP contribution in [0.5, 0.6) is 0 Å². The topological polar surface area (TPSA) is 58.6 Å². The van der Waals surface area contributed by atoms with Crippen molar-refractivity contribution in [3.8, 4) is 0 Å². The van der Waals surface area contributed by atoms with Crippen LogP contribution in [-0.4, -0.2) is 41.5 Å². The van der Waals surface area contributed by atoms with Gasteiger partial charge < -0.3 is 15.0 Å². The largest absolute Gasteiger partial charge is 0.356 e. The van der Waals surface area contributed by atoms with E-state index in [-0.39, 0.29) is 36.5 Å². The van der Waals surface area contributed by atoms with E-state index in [0.717, 1.165) is 31.2 Å². The average Bonchev–Trinajstić information content (AvgIpc) is 2.62. The fourth-order valence-corrected chi connectivity index (χ4v) is 3.97. The Bertz CT molecular complexity index is 596. The summed E-state index contributed by atoms with van der Waals surface area (Å²) in [5, 5.41) is 3.16. The van der Waals surface area contributed by atoms with Gasteiger partial charge in [0.15, 0.2) is 6.10 Å². The van der Waals surface area contributed by atoms with Crippen LogP contribution < -0.4 is 5.32 Å². The first-order chi connectivity index (χ1) is 12.1. The van der Waals surface area contributed by atoms with Crippen LogP contribution in [0, 0.1) is 0 Å². The highest BCUT2D eigenvalue weighted by Gasteiger charge is 2.43. The maximum absolute atomic E-state index is 13.0. The molecule has 1 aliphatic carbocycles. The Morgan fingerprint density at radius 1 is 1.16 bits per heavy atom. The minimum Gasteiger partial charge on any atom is -0.356 e. The summed E-state index contributed by atoms with van der Waals surface area (Å²) in [6.45, 7) is 3.93. The maximum atomic E-state index is 13.0. The Labute approximate surface area is 149 Å². The molecule has 2 fully saturated rings. The second kappa shape index (κ2) is 8.00. The number of hydrogen-bond acceptors (Lipinski definition) is 3. The molecule has 1 N–H and O–H groups in total. The van der Waals surface area contributed by atoms with Crippen molar-refractivity contribution in [2.45, 2.75) is 70.2 Å². The van der Waals surface area contributed by atoms with Gasteiger partial charge in [-0.15, -0.1) is 0 Å².